The van der Waals surface area contributed by atoms with Crippen molar-refractivity contribution < 1.29 is 4.79 Å². The molecule has 19 heavy (non-hydrogen) atoms. The smallest absolute Gasteiger partial charge is 0.146 e. The molecule has 2 atom stereocenters. The molecule has 2 heterocycles. The minimum absolute atomic E-state index is 0.310. The van der Waals surface area contributed by atoms with Crippen LogP contribution < -0.4 is 5.73 Å². The largest absolute Gasteiger partial charge is 0.405 e. The summed E-state index contributed by atoms with van der Waals surface area (Å²) in [5.74, 6) is 4.30. The SMILES string of the molecule is CC1C2CC3CC1C2\C=C/C=C(\C=C/N)SCC3=O. The normalized spacial score (nSPS) is 46.3. The van der Waals surface area contributed by atoms with Crippen molar-refractivity contribution in [3.63, 3.8) is 0 Å². The standard InChI is InChI=1S/C16H21NOS/c1-10-14-7-11-8-15(10)13(14)4-2-3-12(5-6-17)19-9-16(11)18/h2-6,10-11,13-15H,7-9,17H2,1H3/b4-2-,6-5-,12-3+. The number of rotatable bonds is 1. The van der Waals surface area contributed by atoms with Crippen molar-refractivity contribution in [1.82, 2.24) is 0 Å². The maximum atomic E-state index is 12.3. The van der Waals surface area contributed by atoms with E-state index in [9.17, 15) is 4.79 Å². The number of Topliss-reactive ketones (excluding diaryl/α,β-unsaturated/α-hetero) is 1. The molecule has 0 aromatic carbocycles. The van der Waals surface area contributed by atoms with Gasteiger partial charge in [0.1, 0.15) is 5.78 Å². The first-order valence-corrected chi connectivity index (χ1v) is 8.11. The molecule has 5 aliphatic rings. The monoisotopic (exact) mass is 275 g/mol. The molecular formula is C16H21NOS. The van der Waals surface area contributed by atoms with Crippen LogP contribution in [0.25, 0.3) is 0 Å². The second-order valence-electron chi connectivity index (χ2n) is 6.00. The summed E-state index contributed by atoms with van der Waals surface area (Å²) in [6.45, 7) is 2.35. The summed E-state index contributed by atoms with van der Waals surface area (Å²) in [5.41, 5.74) is 5.46. The van der Waals surface area contributed by atoms with E-state index in [0.717, 1.165) is 35.5 Å². The van der Waals surface area contributed by atoms with Gasteiger partial charge in [-0.3, -0.25) is 4.79 Å². The fourth-order valence-electron chi connectivity index (χ4n) is 4.03. The maximum Gasteiger partial charge on any atom is 0.146 e. The number of thioether (sulfide) groups is 1. The van der Waals surface area contributed by atoms with Gasteiger partial charge in [-0.25, -0.2) is 0 Å². The van der Waals surface area contributed by atoms with Crippen molar-refractivity contribution in [3.05, 3.63) is 35.4 Å². The van der Waals surface area contributed by atoms with Gasteiger partial charge in [0.2, 0.25) is 0 Å². The first-order chi connectivity index (χ1) is 9.20. The van der Waals surface area contributed by atoms with E-state index in [1.54, 1.807) is 18.0 Å². The second kappa shape index (κ2) is 5.20. The number of fused-ring (bicyclic) bond motifs is 4. The Bertz CT molecular complexity index is 451. The van der Waals surface area contributed by atoms with Crippen LogP contribution in [-0.2, 0) is 4.79 Å². The fraction of sp³-hybridized carbons (Fsp3) is 0.562. The van der Waals surface area contributed by atoms with E-state index >= 15 is 0 Å². The summed E-state index contributed by atoms with van der Waals surface area (Å²) in [6.07, 6.45) is 12.2. The molecule has 4 bridgehead atoms. The molecule has 3 fully saturated rings. The van der Waals surface area contributed by atoms with E-state index < -0.39 is 0 Å². The highest BCUT2D eigenvalue weighted by atomic mass is 32.2. The van der Waals surface area contributed by atoms with Crippen molar-refractivity contribution in [3.8, 4) is 0 Å². The van der Waals surface area contributed by atoms with Gasteiger partial charge in [0.25, 0.3) is 0 Å². The van der Waals surface area contributed by atoms with Crippen molar-refractivity contribution in [2.45, 2.75) is 19.8 Å². The summed E-state index contributed by atoms with van der Waals surface area (Å²) in [4.78, 5) is 13.4. The van der Waals surface area contributed by atoms with E-state index in [1.807, 2.05) is 6.08 Å². The molecule has 3 aliphatic carbocycles. The van der Waals surface area contributed by atoms with Gasteiger partial charge in [-0.05, 0) is 54.9 Å². The third kappa shape index (κ3) is 2.29. The van der Waals surface area contributed by atoms with Crippen LogP contribution in [0.5, 0.6) is 0 Å². The number of carbonyl (C=O) groups excluding carboxylic acids is 1. The Morgan fingerprint density at radius 1 is 1.37 bits per heavy atom. The van der Waals surface area contributed by atoms with E-state index in [0.29, 0.717) is 23.4 Å². The molecule has 3 saturated carbocycles. The molecule has 0 aromatic heterocycles. The van der Waals surface area contributed by atoms with Crippen LogP contribution in [0.1, 0.15) is 19.8 Å². The van der Waals surface area contributed by atoms with E-state index in [2.05, 4.69) is 25.2 Å². The lowest BCUT2D eigenvalue weighted by atomic mass is 9.48. The second-order valence-corrected chi connectivity index (χ2v) is 7.05. The Labute approximate surface area is 119 Å². The van der Waals surface area contributed by atoms with Gasteiger partial charge in [0.15, 0.2) is 0 Å². The van der Waals surface area contributed by atoms with Crippen molar-refractivity contribution >= 4 is 17.5 Å². The first kappa shape index (κ1) is 13.0. The zero-order chi connectivity index (χ0) is 13.4. The molecule has 0 spiro atoms. The highest BCUT2D eigenvalue weighted by Gasteiger charge is 2.52. The van der Waals surface area contributed by atoms with Gasteiger partial charge < -0.3 is 5.73 Å². The molecular weight excluding hydrogens is 254 g/mol. The number of hydrogen-bond acceptors (Lipinski definition) is 3. The van der Waals surface area contributed by atoms with E-state index in [1.165, 1.54) is 0 Å². The van der Waals surface area contributed by atoms with Gasteiger partial charge >= 0.3 is 0 Å². The minimum atomic E-state index is 0.310. The molecule has 3 heteroatoms. The Morgan fingerprint density at radius 3 is 2.79 bits per heavy atom. The average molecular weight is 275 g/mol. The first-order valence-electron chi connectivity index (χ1n) is 7.13. The zero-order valence-corrected chi connectivity index (χ0v) is 12.1. The lowest BCUT2D eigenvalue weighted by molar-refractivity contribution is -0.130. The van der Waals surface area contributed by atoms with E-state index in [-0.39, 0.29) is 0 Å². The van der Waals surface area contributed by atoms with Crippen LogP contribution in [-0.4, -0.2) is 11.5 Å². The maximum absolute atomic E-state index is 12.3. The summed E-state index contributed by atoms with van der Waals surface area (Å²) in [5, 5.41) is 0. The molecule has 0 amide bonds. The number of nitrogens with two attached hydrogens (primary N) is 1. The van der Waals surface area contributed by atoms with Gasteiger partial charge in [0.05, 0.1) is 5.75 Å². The van der Waals surface area contributed by atoms with Gasteiger partial charge in [-0.2, -0.15) is 0 Å². The van der Waals surface area contributed by atoms with Crippen LogP contribution >= 0.6 is 11.8 Å². The lowest BCUT2D eigenvalue weighted by Gasteiger charge is -2.56. The Morgan fingerprint density at radius 2 is 2.11 bits per heavy atom. The zero-order valence-electron chi connectivity index (χ0n) is 11.3. The molecule has 2 nitrogen and oxygen atoms in total. The number of hydrogen-bond donors (Lipinski definition) is 1. The van der Waals surface area contributed by atoms with Gasteiger partial charge in [0, 0.05) is 10.8 Å². The predicted molar refractivity (Wildman–Crippen MR) is 80.4 cm³/mol. The third-order valence-electron chi connectivity index (χ3n) is 5.14. The molecule has 0 radical (unpaired) electrons. The van der Waals surface area contributed by atoms with Crippen LogP contribution in [0.2, 0.25) is 0 Å². The summed E-state index contributed by atoms with van der Waals surface area (Å²) in [6, 6.07) is 0. The fourth-order valence-corrected chi connectivity index (χ4v) is 4.93. The van der Waals surface area contributed by atoms with Crippen LogP contribution in [0.4, 0.5) is 0 Å². The highest BCUT2D eigenvalue weighted by molar-refractivity contribution is 8.03. The van der Waals surface area contributed by atoms with Crippen LogP contribution in [0, 0.1) is 29.6 Å². The molecule has 2 unspecified atom stereocenters. The molecule has 0 aromatic rings. The topological polar surface area (TPSA) is 43.1 Å². The van der Waals surface area contributed by atoms with Crippen LogP contribution in [0.3, 0.4) is 0 Å². The minimum Gasteiger partial charge on any atom is -0.405 e. The molecule has 0 saturated heterocycles. The Balaban J connectivity index is 1.84. The van der Waals surface area contributed by atoms with Crippen molar-refractivity contribution in [2.24, 2.45) is 35.3 Å². The average Bonchev–Trinajstić information content (AvgIpc) is 2.47. The summed E-state index contributed by atoms with van der Waals surface area (Å²) >= 11 is 1.61. The summed E-state index contributed by atoms with van der Waals surface area (Å²) in [7, 11) is 0. The van der Waals surface area contributed by atoms with Crippen molar-refractivity contribution in [2.75, 3.05) is 5.75 Å². The number of ketones is 1. The van der Waals surface area contributed by atoms with Crippen molar-refractivity contribution in [1.29, 1.82) is 0 Å². The Kier molecular flexibility index (Phi) is 3.57. The molecule has 2 N–H and O–H groups in total. The number of carbonyl (C=O) groups is 1. The lowest BCUT2D eigenvalue weighted by Crippen LogP contribution is -2.51. The highest BCUT2D eigenvalue weighted by Crippen LogP contribution is 2.57. The number of allylic oxidation sites excluding steroid dienone is 4. The molecule has 2 aliphatic heterocycles. The Hall–Kier alpha value is -0.960. The van der Waals surface area contributed by atoms with E-state index in [4.69, 9.17) is 5.73 Å². The van der Waals surface area contributed by atoms with Gasteiger partial charge in [-0.15, -0.1) is 11.8 Å². The van der Waals surface area contributed by atoms with Crippen LogP contribution in [0.15, 0.2) is 35.4 Å². The molecule has 102 valence electrons. The van der Waals surface area contributed by atoms with Gasteiger partial charge in [-0.1, -0.05) is 19.1 Å². The molecule has 5 rings (SSSR count). The predicted octanol–water partition coefficient (Wildman–Crippen LogP) is 3.12. The third-order valence-corrected chi connectivity index (χ3v) is 6.18. The quantitative estimate of drug-likeness (QED) is 0.799. The summed E-state index contributed by atoms with van der Waals surface area (Å²) < 4.78 is 0.